The summed E-state index contributed by atoms with van der Waals surface area (Å²) in [6, 6.07) is 22.4. The minimum Gasteiger partial charge on any atom is -0.274 e. The zero-order valence-corrected chi connectivity index (χ0v) is 18.3. The molecule has 0 saturated carbocycles. The largest absolute Gasteiger partial charge is 0.274 e. The Morgan fingerprint density at radius 3 is 2.07 bits per heavy atom. The van der Waals surface area contributed by atoms with Gasteiger partial charge in [-0.1, -0.05) is 76.6 Å². The van der Waals surface area contributed by atoms with Crippen LogP contribution in [0.4, 0.5) is 5.69 Å². The first-order valence-corrected chi connectivity index (χ1v) is 11.1. The van der Waals surface area contributed by atoms with Crippen LogP contribution >= 0.6 is 15.9 Å². The second-order valence-electron chi connectivity index (χ2n) is 8.67. The Balaban J connectivity index is 1.63. The normalized spacial score (nSPS) is 28.4. The lowest BCUT2D eigenvalue weighted by molar-refractivity contribution is -0.122. The van der Waals surface area contributed by atoms with Crippen molar-refractivity contribution in [2.75, 3.05) is 4.90 Å². The van der Waals surface area contributed by atoms with Gasteiger partial charge in [-0.25, -0.2) is 4.90 Å². The van der Waals surface area contributed by atoms with Crippen LogP contribution in [0.5, 0.6) is 0 Å². The first-order valence-electron chi connectivity index (χ1n) is 10.3. The van der Waals surface area contributed by atoms with Crippen LogP contribution in [0, 0.1) is 25.7 Å². The number of halogens is 1. The van der Waals surface area contributed by atoms with Crippen LogP contribution in [0.2, 0.25) is 0 Å². The van der Waals surface area contributed by atoms with Crippen LogP contribution in [0.25, 0.3) is 0 Å². The lowest BCUT2D eigenvalue weighted by Gasteiger charge is -2.51. The maximum Gasteiger partial charge on any atom is 0.239 e. The molecule has 2 amide bonds. The minimum absolute atomic E-state index is 0.0865. The molecule has 1 fully saturated rings. The monoisotopic (exact) mass is 457 g/mol. The number of imide groups is 1. The number of hydrogen-bond donors (Lipinski definition) is 0. The number of carbonyl (C=O) groups is 2. The van der Waals surface area contributed by atoms with Crippen LogP contribution in [-0.4, -0.2) is 11.8 Å². The summed E-state index contributed by atoms with van der Waals surface area (Å²) in [6.45, 7) is 3.95. The van der Waals surface area contributed by atoms with Crippen molar-refractivity contribution in [2.45, 2.75) is 24.1 Å². The Hall–Kier alpha value is -2.72. The van der Waals surface area contributed by atoms with Crippen molar-refractivity contribution in [1.82, 2.24) is 0 Å². The van der Waals surface area contributed by atoms with E-state index in [1.54, 1.807) is 0 Å². The van der Waals surface area contributed by atoms with E-state index in [2.05, 4.69) is 40.2 Å². The van der Waals surface area contributed by atoms with E-state index in [1.165, 1.54) is 4.90 Å². The molecule has 1 aliphatic heterocycles. The van der Waals surface area contributed by atoms with Gasteiger partial charge in [-0.3, -0.25) is 9.59 Å². The van der Waals surface area contributed by atoms with Gasteiger partial charge in [-0.2, -0.15) is 0 Å². The highest BCUT2D eigenvalue weighted by molar-refractivity contribution is 9.09. The lowest BCUT2D eigenvalue weighted by Crippen LogP contribution is -2.50. The molecule has 3 aromatic rings. The molecule has 2 bridgehead atoms. The standard InChI is InChI=1S/C26H20BrNO2/c1-14-11-12-15(2)20(13-14)28-24(29)22-21-16-7-3-5-9-18(16)26(27,23(22)25(28)30)19-10-6-4-8-17(19)21/h3-13,21-23H,1-2H3/t21?,22-,23-,26?/m1/s1. The van der Waals surface area contributed by atoms with E-state index < -0.39 is 16.2 Å². The van der Waals surface area contributed by atoms with Gasteiger partial charge in [-0.15, -0.1) is 0 Å². The Kier molecular flexibility index (Phi) is 3.57. The van der Waals surface area contributed by atoms with Crippen molar-refractivity contribution in [2.24, 2.45) is 11.8 Å². The molecule has 30 heavy (non-hydrogen) atoms. The zero-order valence-electron chi connectivity index (χ0n) is 16.7. The average Bonchev–Trinajstić information content (AvgIpc) is 3.02. The number of rotatable bonds is 1. The van der Waals surface area contributed by atoms with E-state index in [4.69, 9.17) is 0 Å². The number of nitrogens with zero attached hydrogens (tertiary/aromatic N) is 1. The van der Waals surface area contributed by atoms with Gasteiger partial charge < -0.3 is 0 Å². The molecule has 1 saturated heterocycles. The van der Waals surface area contributed by atoms with Crippen LogP contribution in [0.1, 0.15) is 39.3 Å². The Morgan fingerprint density at radius 1 is 0.833 bits per heavy atom. The Bertz CT molecular complexity index is 1220. The summed E-state index contributed by atoms with van der Waals surface area (Å²) in [7, 11) is 0. The van der Waals surface area contributed by atoms with E-state index >= 15 is 0 Å². The fourth-order valence-electron chi connectivity index (χ4n) is 5.88. The fraction of sp³-hybridized carbons (Fsp3) is 0.231. The van der Waals surface area contributed by atoms with Gasteiger partial charge in [0.25, 0.3) is 0 Å². The molecule has 0 radical (unpaired) electrons. The molecule has 3 aromatic carbocycles. The number of carbonyl (C=O) groups excluding carboxylic acids is 2. The van der Waals surface area contributed by atoms with Crippen molar-refractivity contribution in [3.8, 4) is 0 Å². The molecule has 0 spiro atoms. The van der Waals surface area contributed by atoms with Crippen LogP contribution in [-0.2, 0) is 13.9 Å². The number of anilines is 1. The molecular weight excluding hydrogens is 438 g/mol. The molecule has 7 rings (SSSR count). The molecule has 0 N–H and O–H groups in total. The first-order chi connectivity index (χ1) is 14.4. The third-order valence-electron chi connectivity index (χ3n) is 7.12. The molecule has 3 nitrogen and oxygen atoms in total. The SMILES string of the molecule is Cc1ccc(C)c(N2C(=O)[C@@H]3C4c5ccccc5C(Br)(c5ccccc54)[C@H]3C2=O)c1. The topological polar surface area (TPSA) is 37.4 Å². The molecule has 0 unspecified atom stereocenters. The molecule has 148 valence electrons. The van der Waals surface area contributed by atoms with Gasteiger partial charge in [-0.05, 0) is 53.3 Å². The van der Waals surface area contributed by atoms with Gasteiger partial charge in [0.05, 0.1) is 21.8 Å². The number of benzene rings is 3. The second kappa shape index (κ2) is 5.92. The van der Waals surface area contributed by atoms with Gasteiger partial charge in [0, 0.05) is 5.92 Å². The number of alkyl halides is 1. The molecule has 4 heteroatoms. The summed E-state index contributed by atoms with van der Waals surface area (Å²) in [6.07, 6.45) is 0. The van der Waals surface area contributed by atoms with E-state index in [0.29, 0.717) is 5.69 Å². The van der Waals surface area contributed by atoms with E-state index in [-0.39, 0.29) is 17.7 Å². The smallest absolute Gasteiger partial charge is 0.239 e. The summed E-state index contributed by atoms with van der Waals surface area (Å²) >= 11 is 4.04. The van der Waals surface area contributed by atoms with Crippen molar-refractivity contribution in [1.29, 1.82) is 0 Å². The van der Waals surface area contributed by atoms with Crippen LogP contribution in [0.15, 0.2) is 66.7 Å². The van der Waals surface area contributed by atoms with Gasteiger partial charge in [0.2, 0.25) is 11.8 Å². The van der Waals surface area contributed by atoms with Crippen molar-refractivity contribution >= 4 is 33.4 Å². The molecular formula is C26H20BrNO2. The highest BCUT2D eigenvalue weighted by Gasteiger charge is 2.67. The minimum atomic E-state index is -0.696. The fourth-order valence-corrected chi connectivity index (χ4v) is 7.08. The summed E-state index contributed by atoms with van der Waals surface area (Å²) in [5, 5.41) is 0. The van der Waals surface area contributed by atoms with Gasteiger partial charge in [0.1, 0.15) is 0 Å². The summed E-state index contributed by atoms with van der Waals surface area (Å²) in [4.78, 5) is 29.2. The molecule has 0 aromatic heterocycles. The molecule has 4 aliphatic rings. The number of hydrogen-bond acceptors (Lipinski definition) is 2. The van der Waals surface area contributed by atoms with E-state index in [1.807, 2.05) is 56.3 Å². The summed E-state index contributed by atoms with van der Waals surface area (Å²) < 4.78 is -0.696. The van der Waals surface area contributed by atoms with E-state index in [9.17, 15) is 9.59 Å². The molecule has 1 heterocycles. The van der Waals surface area contributed by atoms with Crippen LogP contribution in [0.3, 0.4) is 0 Å². The Morgan fingerprint density at radius 2 is 1.43 bits per heavy atom. The lowest BCUT2D eigenvalue weighted by atomic mass is 9.55. The molecule has 3 aliphatic carbocycles. The predicted octanol–water partition coefficient (Wildman–Crippen LogP) is 5.21. The second-order valence-corrected chi connectivity index (χ2v) is 9.92. The van der Waals surface area contributed by atoms with Crippen molar-refractivity contribution in [3.63, 3.8) is 0 Å². The van der Waals surface area contributed by atoms with Gasteiger partial charge in [0.15, 0.2) is 0 Å². The quantitative estimate of drug-likeness (QED) is 0.371. The average molecular weight is 458 g/mol. The maximum absolute atomic E-state index is 13.9. The predicted molar refractivity (Wildman–Crippen MR) is 120 cm³/mol. The maximum atomic E-state index is 13.9. The third kappa shape index (κ3) is 2.00. The Labute approximate surface area is 183 Å². The zero-order chi connectivity index (χ0) is 20.8. The van der Waals surface area contributed by atoms with Crippen LogP contribution < -0.4 is 4.90 Å². The summed E-state index contributed by atoms with van der Waals surface area (Å²) in [5.74, 6) is -1.16. The highest BCUT2D eigenvalue weighted by atomic mass is 79.9. The van der Waals surface area contributed by atoms with Crippen molar-refractivity contribution < 1.29 is 9.59 Å². The third-order valence-corrected chi connectivity index (χ3v) is 8.47. The highest BCUT2D eigenvalue weighted by Crippen LogP contribution is 2.66. The van der Waals surface area contributed by atoms with Crippen molar-refractivity contribution in [3.05, 3.63) is 100 Å². The molecule has 2 atom stereocenters. The number of amides is 2. The first kappa shape index (κ1) is 18.1. The summed E-state index contributed by atoms with van der Waals surface area (Å²) in [5.41, 5.74) is 7.21. The van der Waals surface area contributed by atoms with Gasteiger partial charge >= 0.3 is 0 Å². The van der Waals surface area contributed by atoms with E-state index in [0.717, 1.165) is 33.4 Å². The number of aryl methyl sites for hydroxylation is 2.